The lowest BCUT2D eigenvalue weighted by atomic mass is 10.1. The zero-order valence-corrected chi connectivity index (χ0v) is 7.47. The Morgan fingerprint density at radius 3 is 2.67 bits per heavy atom. The molecule has 1 atom stereocenters. The molecule has 0 amide bonds. The van der Waals surface area contributed by atoms with Gasteiger partial charge in [0.2, 0.25) is 0 Å². The second-order valence-electron chi connectivity index (χ2n) is 3.26. The minimum Gasteiger partial charge on any atom is -0.328 e. The van der Waals surface area contributed by atoms with Crippen molar-refractivity contribution in [3.05, 3.63) is 35.1 Å². The predicted octanol–water partition coefficient (Wildman–Crippen LogP) is 2.02. The van der Waals surface area contributed by atoms with Crippen LogP contribution in [0.25, 0.3) is 0 Å². The third-order valence-corrected chi connectivity index (χ3v) is 1.78. The van der Waals surface area contributed by atoms with E-state index in [0.717, 1.165) is 12.0 Å². The largest absolute Gasteiger partial charge is 0.328 e. The third kappa shape index (κ3) is 2.31. The van der Waals surface area contributed by atoms with Gasteiger partial charge in [0.05, 0.1) is 0 Å². The topological polar surface area (TPSA) is 26.0 Å². The van der Waals surface area contributed by atoms with E-state index in [9.17, 15) is 4.39 Å². The summed E-state index contributed by atoms with van der Waals surface area (Å²) < 4.78 is 12.8. The summed E-state index contributed by atoms with van der Waals surface area (Å²) in [6.45, 7) is 3.71. The molecule has 0 saturated carbocycles. The number of hydrogen-bond donors (Lipinski definition) is 1. The number of aryl methyl sites for hydroxylation is 1. The van der Waals surface area contributed by atoms with Crippen molar-refractivity contribution in [2.45, 2.75) is 26.3 Å². The van der Waals surface area contributed by atoms with Crippen LogP contribution < -0.4 is 5.73 Å². The Hall–Kier alpha value is -0.890. The van der Waals surface area contributed by atoms with Gasteiger partial charge < -0.3 is 5.73 Å². The first-order valence-corrected chi connectivity index (χ1v) is 4.10. The second kappa shape index (κ2) is 3.68. The van der Waals surface area contributed by atoms with E-state index in [2.05, 4.69) is 0 Å². The van der Waals surface area contributed by atoms with Gasteiger partial charge in [0.15, 0.2) is 0 Å². The maximum absolute atomic E-state index is 12.8. The molecule has 0 aliphatic carbocycles. The Morgan fingerprint density at radius 2 is 2.17 bits per heavy atom. The van der Waals surface area contributed by atoms with E-state index in [-0.39, 0.29) is 11.9 Å². The number of nitrogens with two attached hydrogens (primary N) is 1. The SMILES string of the molecule is Cc1cc(CC(C)N)ccc1F. The van der Waals surface area contributed by atoms with Gasteiger partial charge in [-0.2, -0.15) is 0 Å². The Bertz CT molecular complexity index is 269. The molecule has 12 heavy (non-hydrogen) atoms. The molecule has 0 aliphatic heterocycles. The molecule has 0 fully saturated rings. The van der Waals surface area contributed by atoms with Crippen LogP contribution in [0.1, 0.15) is 18.1 Å². The zero-order valence-electron chi connectivity index (χ0n) is 7.47. The molecule has 0 spiro atoms. The molecule has 66 valence electrons. The normalized spacial score (nSPS) is 13.0. The molecule has 0 radical (unpaired) electrons. The molecule has 1 rings (SSSR count). The fourth-order valence-corrected chi connectivity index (χ4v) is 1.21. The van der Waals surface area contributed by atoms with E-state index in [4.69, 9.17) is 5.73 Å². The van der Waals surface area contributed by atoms with E-state index in [1.807, 2.05) is 13.0 Å². The monoisotopic (exact) mass is 167 g/mol. The van der Waals surface area contributed by atoms with Crippen LogP contribution in [0.2, 0.25) is 0 Å². The Balaban J connectivity index is 2.82. The number of hydrogen-bond acceptors (Lipinski definition) is 1. The lowest BCUT2D eigenvalue weighted by Gasteiger charge is -2.05. The van der Waals surface area contributed by atoms with Gasteiger partial charge >= 0.3 is 0 Å². The highest BCUT2D eigenvalue weighted by atomic mass is 19.1. The fraction of sp³-hybridized carbons (Fsp3) is 0.400. The predicted molar refractivity (Wildman–Crippen MR) is 48.5 cm³/mol. The highest BCUT2D eigenvalue weighted by molar-refractivity contribution is 5.24. The summed E-state index contributed by atoms with van der Waals surface area (Å²) in [7, 11) is 0. The Kier molecular flexibility index (Phi) is 2.82. The number of rotatable bonds is 2. The molecule has 1 nitrogen and oxygen atoms in total. The van der Waals surface area contributed by atoms with Crippen molar-refractivity contribution < 1.29 is 4.39 Å². The van der Waals surface area contributed by atoms with Crippen molar-refractivity contribution in [3.8, 4) is 0 Å². The van der Waals surface area contributed by atoms with Crippen LogP contribution in [0.15, 0.2) is 18.2 Å². The molecule has 1 unspecified atom stereocenters. The maximum atomic E-state index is 12.8. The van der Waals surface area contributed by atoms with Crippen LogP contribution in [0.3, 0.4) is 0 Å². The van der Waals surface area contributed by atoms with Crippen molar-refractivity contribution in [3.63, 3.8) is 0 Å². The molecule has 0 aromatic heterocycles. The van der Waals surface area contributed by atoms with Gasteiger partial charge in [-0.25, -0.2) is 4.39 Å². The number of benzene rings is 1. The van der Waals surface area contributed by atoms with Crippen molar-refractivity contribution in [2.24, 2.45) is 5.73 Å². The molecule has 1 aromatic rings. The van der Waals surface area contributed by atoms with Crippen molar-refractivity contribution >= 4 is 0 Å². The van der Waals surface area contributed by atoms with Crippen LogP contribution in [0, 0.1) is 12.7 Å². The summed E-state index contributed by atoms with van der Waals surface area (Å²) >= 11 is 0. The molecule has 2 heteroatoms. The highest BCUT2D eigenvalue weighted by Gasteiger charge is 2.00. The number of halogens is 1. The Labute approximate surface area is 72.4 Å². The summed E-state index contributed by atoms with van der Waals surface area (Å²) in [5.74, 6) is -0.150. The summed E-state index contributed by atoms with van der Waals surface area (Å²) in [6, 6.07) is 5.26. The molecular formula is C10H14FN. The lowest BCUT2D eigenvalue weighted by molar-refractivity contribution is 0.616. The molecule has 2 N–H and O–H groups in total. The van der Waals surface area contributed by atoms with Gasteiger partial charge in [0.1, 0.15) is 5.82 Å². The molecular weight excluding hydrogens is 153 g/mol. The maximum Gasteiger partial charge on any atom is 0.126 e. The second-order valence-corrected chi connectivity index (χ2v) is 3.26. The average Bonchev–Trinajstić information content (AvgIpc) is 1.96. The molecule has 1 aromatic carbocycles. The first-order chi connectivity index (χ1) is 5.59. The first-order valence-electron chi connectivity index (χ1n) is 4.10. The van der Waals surface area contributed by atoms with Gasteiger partial charge in [-0.3, -0.25) is 0 Å². The molecule has 0 bridgehead atoms. The van der Waals surface area contributed by atoms with Crippen LogP contribution >= 0.6 is 0 Å². The van der Waals surface area contributed by atoms with E-state index in [0.29, 0.717) is 5.56 Å². The van der Waals surface area contributed by atoms with Crippen molar-refractivity contribution in [1.29, 1.82) is 0 Å². The minimum absolute atomic E-state index is 0.134. The van der Waals surface area contributed by atoms with Gasteiger partial charge in [-0.1, -0.05) is 12.1 Å². The van der Waals surface area contributed by atoms with Gasteiger partial charge in [0.25, 0.3) is 0 Å². The average molecular weight is 167 g/mol. The van der Waals surface area contributed by atoms with Crippen LogP contribution in [0.4, 0.5) is 4.39 Å². The van der Waals surface area contributed by atoms with Crippen LogP contribution in [-0.4, -0.2) is 6.04 Å². The lowest BCUT2D eigenvalue weighted by Crippen LogP contribution is -2.17. The van der Waals surface area contributed by atoms with Crippen LogP contribution in [-0.2, 0) is 6.42 Å². The van der Waals surface area contributed by atoms with Crippen molar-refractivity contribution in [2.75, 3.05) is 0 Å². The van der Waals surface area contributed by atoms with Gasteiger partial charge in [-0.05, 0) is 37.5 Å². The van der Waals surface area contributed by atoms with E-state index >= 15 is 0 Å². The smallest absolute Gasteiger partial charge is 0.126 e. The summed E-state index contributed by atoms with van der Waals surface area (Å²) in [5.41, 5.74) is 7.41. The molecule has 0 saturated heterocycles. The highest BCUT2D eigenvalue weighted by Crippen LogP contribution is 2.10. The van der Waals surface area contributed by atoms with E-state index in [1.165, 1.54) is 6.07 Å². The van der Waals surface area contributed by atoms with E-state index in [1.54, 1.807) is 13.0 Å². The standard InChI is InChI=1S/C10H14FN/c1-7-5-9(6-8(2)12)3-4-10(7)11/h3-5,8H,6,12H2,1-2H3. The first kappa shape index (κ1) is 9.20. The summed E-state index contributed by atoms with van der Waals surface area (Å²) in [5, 5.41) is 0. The summed E-state index contributed by atoms with van der Waals surface area (Å²) in [6.07, 6.45) is 0.807. The minimum atomic E-state index is -0.150. The zero-order chi connectivity index (χ0) is 9.14. The van der Waals surface area contributed by atoms with Gasteiger partial charge in [-0.15, -0.1) is 0 Å². The van der Waals surface area contributed by atoms with Crippen LogP contribution in [0.5, 0.6) is 0 Å². The third-order valence-electron chi connectivity index (χ3n) is 1.78. The molecule has 0 aliphatic rings. The fourth-order valence-electron chi connectivity index (χ4n) is 1.21. The summed E-state index contributed by atoms with van der Waals surface area (Å²) in [4.78, 5) is 0. The Morgan fingerprint density at radius 1 is 1.50 bits per heavy atom. The van der Waals surface area contributed by atoms with Gasteiger partial charge in [0, 0.05) is 6.04 Å². The quantitative estimate of drug-likeness (QED) is 0.716. The van der Waals surface area contributed by atoms with E-state index < -0.39 is 0 Å². The molecule has 0 heterocycles. The van der Waals surface area contributed by atoms with Crippen molar-refractivity contribution in [1.82, 2.24) is 0 Å².